The molecule has 0 aliphatic carbocycles. The van der Waals surface area contributed by atoms with Gasteiger partial charge in [-0.25, -0.2) is 4.98 Å². The van der Waals surface area contributed by atoms with E-state index in [9.17, 15) is 4.79 Å². The normalized spacial score (nSPS) is 18.0. The summed E-state index contributed by atoms with van der Waals surface area (Å²) in [5.41, 5.74) is 1.99. The number of H-pyrrole nitrogens is 2. The maximum atomic E-state index is 12.3. The largest absolute Gasteiger partial charge is 0.309 e. The SMILES string of the molecule is CC(c1nc2ccccc2c(=O)[nH]1)N1CCC(c2cn[nH]c2)CC1. The van der Waals surface area contributed by atoms with Gasteiger partial charge >= 0.3 is 0 Å². The molecule has 0 bridgehead atoms. The topological polar surface area (TPSA) is 77.7 Å². The number of rotatable bonds is 3. The Kier molecular flexibility index (Phi) is 3.90. The molecule has 6 heteroatoms. The van der Waals surface area contributed by atoms with E-state index in [0.29, 0.717) is 11.3 Å². The first-order valence-electron chi connectivity index (χ1n) is 8.44. The summed E-state index contributed by atoms with van der Waals surface area (Å²) in [5.74, 6) is 1.32. The molecule has 124 valence electrons. The molecule has 1 aliphatic rings. The lowest BCUT2D eigenvalue weighted by molar-refractivity contribution is 0.157. The Hall–Kier alpha value is -2.47. The number of benzene rings is 1. The average molecular weight is 323 g/mol. The molecule has 0 spiro atoms. The predicted octanol–water partition coefficient (Wildman–Crippen LogP) is 2.59. The molecule has 1 aromatic carbocycles. The summed E-state index contributed by atoms with van der Waals surface area (Å²) in [5, 5.41) is 7.59. The Morgan fingerprint density at radius 3 is 2.79 bits per heavy atom. The second kappa shape index (κ2) is 6.20. The number of nitrogens with one attached hydrogen (secondary N) is 2. The molecular weight excluding hydrogens is 302 g/mol. The van der Waals surface area contributed by atoms with Gasteiger partial charge in [0.15, 0.2) is 0 Å². The molecule has 1 aliphatic heterocycles. The van der Waals surface area contributed by atoms with E-state index < -0.39 is 0 Å². The molecular formula is C18H21N5O. The standard InChI is InChI=1S/C18H21N5O/c1-12(17-21-16-5-3-2-4-15(16)18(24)22-17)23-8-6-13(7-9-23)14-10-19-20-11-14/h2-5,10-13H,6-9H2,1H3,(H,19,20)(H,21,22,24). The Bertz CT molecular complexity index is 878. The summed E-state index contributed by atoms with van der Waals surface area (Å²) in [6, 6.07) is 7.59. The van der Waals surface area contributed by atoms with Crippen LogP contribution in [0.2, 0.25) is 0 Å². The highest BCUT2D eigenvalue weighted by Gasteiger charge is 2.26. The molecule has 0 radical (unpaired) electrons. The Morgan fingerprint density at radius 2 is 2.04 bits per heavy atom. The van der Waals surface area contributed by atoms with Crippen LogP contribution in [-0.4, -0.2) is 38.2 Å². The number of para-hydroxylation sites is 1. The van der Waals surface area contributed by atoms with Gasteiger partial charge < -0.3 is 4.98 Å². The monoisotopic (exact) mass is 323 g/mol. The van der Waals surface area contributed by atoms with Gasteiger partial charge in [-0.1, -0.05) is 12.1 Å². The van der Waals surface area contributed by atoms with Gasteiger partial charge in [-0.05, 0) is 56.5 Å². The predicted molar refractivity (Wildman–Crippen MR) is 92.9 cm³/mol. The van der Waals surface area contributed by atoms with Crippen molar-refractivity contribution in [2.45, 2.75) is 31.7 Å². The zero-order valence-electron chi connectivity index (χ0n) is 13.7. The fourth-order valence-electron chi connectivity index (χ4n) is 3.58. The summed E-state index contributed by atoms with van der Waals surface area (Å²) in [4.78, 5) is 22.3. The summed E-state index contributed by atoms with van der Waals surface area (Å²) >= 11 is 0. The van der Waals surface area contributed by atoms with Crippen LogP contribution in [0.5, 0.6) is 0 Å². The molecule has 4 rings (SSSR count). The van der Waals surface area contributed by atoms with E-state index in [-0.39, 0.29) is 11.6 Å². The maximum Gasteiger partial charge on any atom is 0.258 e. The maximum absolute atomic E-state index is 12.3. The lowest BCUT2D eigenvalue weighted by Gasteiger charge is -2.35. The van der Waals surface area contributed by atoms with Crippen molar-refractivity contribution in [2.75, 3.05) is 13.1 Å². The second-order valence-corrected chi connectivity index (χ2v) is 6.49. The number of nitrogens with zero attached hydrogens (tertiary/aromatic N) is 3. The van der Waals surface area contributed by atoms with E-state index in [1.807, 2.05) is 36.7 Å². The van der Waals surface area contributed by atoms with Gasteiger partial charge in [0.05, 0.1) is 23.1 Å². The zero-order valence-corrected chi connectivity index (χ0v) is 13.7. The molecule has 0 amide bonds. The number of piperidine rings is 1. The number of fused-ring (bicyclic) bond motifs is 1. The van der Waals surface area contributed by atoms with Crippen molar-refractivity contribution in [1.29, 1.82) is 0 Å². The lowest BCUT2D eigenvalue weighted by Crippen LogP contribution is -2.36. The van der Waals surface area contributed by atoms with Crippen molar-refractivity contribution in [2.24, 2.45) is 0 Å². The van der Waals surface area contributed by atoms with E-state index in [4.69, 9.17) is 0 Å². The van der Waals surface area contributed by atoms with Crippen LogP contribution in [-0.2, 0) is 0 Å². The smallest absolute Gasteiger partial charge is 0.258 e. The van der Waals surface area contributed by atoms with Crippen molar-refractivity contribution in [1.82, 2.24) is 25.1 Å². The molecule has 0 saturated carbocycles. The Morgan fingerprint density at radius 1 is 1.25 bits per heavy atom. The van der Waals surface area contributed by atoms with Crippen LogP contribution < -0.4 is 5.56 Å². The quantitative estimate of drug-likeness (QED) is 0.776. The third-order valence-corrected chi connectivity index (χ3v) is 5.09. The first-order valence-corrected chi connectivity index (χ1v) is 8.44. The number of aromatic nitrogens is 4. The molecule has 2 aromatic heterocycles. The molecule has 1 fully saturated rings. The molecule has 6 nitrogen and oxygen atoms in total. The van der Waals surface area contributed by atoms with E-state index >= 15 is 0 Å². The highest BCUT2D eigenvalue weighted by atomic mass is 16.1. The molecule has 3 heterocycles. The Labute approximate surface area is 139 Å². The van der Waals surface area contributed by atoms with E-state index in [1.54, 1.807) is 0 Å². The first-order chi connectivity index (χ1) is 11.7. The second-order valence-electron chi connectivity index (χ2n) is 6.49. The molecule has 1 unspecified atom stereocenters. The van der Waals surface area contributed by atoms with Crippen LogP contribution in [0.15, 0.2) is 41.5 Å². The minimum absolute atomic E-state index is 0.0595. The van der Waals surface area contributed by atoms with Gasteiger partial charge in [-0.15, -0.1) is 0 Å². The van der Waals surface area contributed by atoms with Gasteiger partial charge in [0.2, 0.25) is 0 Å². The average Bonchev–Trinajstić information content (AvgIpc) is 3.16. The lowest BCUT2D eigenvalue weighted by atomic mass is 9.91. The molecule has 1 saturated heterocycles. The summed E-state index contributed by atoms with van der Waals surface area (Å²) < 4.78 is 0. The summed E-state index contributed by atoms with van der Waals surface area (Å²) in [6.07, 6.45) is 6.11. The van der Waals surface area contributed by atoms with E-state index in [2.05, 4.69) is 32.0 Å². The minimum atomic E-state index is -0.0595. The minimum Gasteiger partial charge on any atom is -0.309 e. The number of hydrogen-bond donors (Lipinski definition) is 2. The van der Waals surface area contributed by atoms with Gasteiger partial charge in [0.25, 0.3) is 5.56 Å². The van der Waals surface area contributed by atoms with Crippen LogP contribution in [0.1, 0.15) is 43.1 Å². The van der Waals surface area contributed by atoms with Gasteiger partial charge in [-0.3, -0.25) is 14.8 Å². The van der Waals surface area contributed by atoms with Gasteiger partial charge in [0, 0.05) is 6.20 Å². The van der Waals surface area contributed by atoms with Crippen molar-refractivity contribution in [3.8, 4) is 0 Å². The number of aromatic amines is 2. The molecule has 24 heavy (non-hydrogen) atoms. The number of likely N-dealkylation sites (tertiary alicyclic amines) is 1. The molecule has 2 N–H and O–H groups in total. The molecule has 1 atom stereocenters. The fourth-order valence-corrected chi connectivity index (χ4v) is 3.58. The van der Waals surface area contributed by atoms with Crippen LogP contribution in [0.25, 0.3) is 10.9 Å². The fraction of sp³-hybridized carbons (Fsp3) is 0.389. The van der Waals surface area contributed by atoms with E-state index in [1.165, 1.54) is 5.56 Å². The van der Waals surface area contributed by atoms with Gasteiger partial charge in [0.1, 0.15) is 5.82 Å². The van der Waals surface area contributed by atoms with Crippen molar-refractivity contribution >= 4 is 10.9 Å². The zero-order chi connectivity index (χ0) is 16.5. The highest BCUT2D eigenvalue weighted by Crippen LogP contribution is 2.30. The van der Waals surface area contributed by atoms with Gasteiger partial charge in [-0.2, -0.15) is 5.10 Å². The van der Waals surface area contributed by atoms with Crippen molar-refractivity contribution < 1.29 is 0 Å². The van der Waals surface area contributed by atoms with Crippen molar-refractivity contribution in [3.63, 3.8) is 0 Å². The van der Waals surface area contributed by atoms with Crippen LogP contribution in [0, 0.1) is 0 Å². The third-order valence-electron chi connectivity index (χ3n) is 5.09. The van der Waals surface area contributed by atoms with Crippen LogP contribution in [0.3, 0.4) is 0 Å². The molecule has 3 aromatic rings. The van der Waals surface area contributed by atoms with Crippen molar-refractivity contribution in [3.05, 3.63) is 58.4 Å². The number of hydrogen-bond acceptors (Lipinski definition) is 4. The third kappa shape index (κ3) is 2.73. The van der Waals surface area contributed by atoms with Crippen LogP contribution >= 0.6 is 0 Å². The summed E-state index contributed by atoms with van der Waals surface area (Å²) in [6.45, 7) is 4.10. The summed E-state index contributed by atoms with van der Waals surface area (Å²) in [7, 11) is 0. The Balaban J connectivity index is 1.52. The van der Waals surface area contributed by atoms with Crippen LogP contribution in [0.4, 0.5) is 0 Å². The highest BCUT2D eigenvalue weighted by molar-refractivity contribution is 5.77. The first kappa shape index (κ1) is 15.1. The van der Waals surface area contributed by atoms with E-state index in [0.717, 1.165) is 37.3 Å².